The van der Waals surface area contributed by atoms with Crippen molar-refractivity contribution in [2.45, 2.75) is 25.0 Å². The van der Waals surface area contributed by atoms with E-state index in [2.05, 4.69) is 0 Å². The van der Waals surface area contributed by atoms with E-state index >= 15 is 0 Å². The summed E-state index contributed by atoms with van der Waals surface area (Å²) >= 11 is 0. The number of aromatic hydroxyl groups is 6. The van der Waals surface area contributed by atoms with Crippen LogP contribution in [0, 0.1) is 0 Å². The zero-order chi connectivity index (χ0) is 28.6. The van der Waals surface area contributed by atoms with Gasteiger partial charge in [-0.25, -0.2) is 0 Å². The van der Waals surface area contributed by atoms with Crippen molar-refractivity contribution in [3.05, 3.63) is 95.1 Å². The molecule has 10 heteroatoms. The molecule has 0 aliphatic carbocycles. The molecule has 2 atom stereocenters. The summed E-state index contributed by atoms with van der Waals surface area (Å²) < 4.78 is 11.4. The van der Waals surface area contributed by atoms with Crippen molar-refractivity contribution in [1.29, 1.82) is 0 Å². The highest BCUT2D eigenvalue weighted by molar-refractivity contribution is 6.03. The van der Waals surface area contributed by atoms with Crippen LogP contribution >= 0.6 is 0 Å². The maximum absolute atomic E-state index is 12.1. The van der Waals surface area contributed by atoms with E-state index in [1.807, 2.05) is 0 Å². The first-order valence-electron chi connectivity index (χ1n) is 12.2. The lowest BCUT2D eigenvalue weighted by atomic mass is 9.95. The zero-order valence-electron chi connectivity index (χ0n) is 20.8. The first-order chi connectivity index (χ1) is 19.1. The molecule has 0 spiro atoms. The van der Waals surface area contributed by atoms with E-state index in [9.17, 15) is 40.2 Å². The maximum atomic E-state index is 12.1. The molecule has 2 aliphatic rings. The Morgan fingerprint density at radius 2 is 1.02 bits per heavy atom. The minimum atomic E-state index is -0.503. The number of benzene rings is 4. The Hall–Kier alpha value is -5.38. The molecule has 0 amide bonds. The molecule has 4 aromatic carbocycles. The summed E-state index contributed by atoms with van der Waals surface area (Å²) in [4.78, 5) is 24.2. The van der Waals surface area contributed by atoms with Crippen LogP contribution in [0.5, 0.6) is 46.0 Å². The largest absolute Gasteiger partial charge is 0.508 e. The molecule has 2 aliphatic heterocycles. The van der Waals surface area contributed by atoms with Crippen LogP contribution in [-0.4, -0.2) is 42.2 Å². The van der Waals surface area contributed by atoms with Crippen molar-refractivity contribution in [3.63, 3.8) is 0 Å². The van der Waals surface area contributed by atoms with E-state index in [1.165, 1.54) is 42.5 Å². The first kappa shape index (κ1) is 26.2. The van der Waals surface area contributed by atoms with Crippen LogP contribution in [-0.2, 0) is 0 Å². The molecule has 0 bridgehead atoms. The van der Waals surface area contributed by atoms with Gasteiger partial charge in [-0.2, -0.15) is 0 Å². The van der Waals surface area contributed by atoms with Gasteiger partial charge in [0.1, 0.15) is 57.8 Å². The fourth-order valence-corrected chi connectivity index (χ4v) is 4.57. The molecule has 0 saturated carbocycles. The third kappa shape index (κ3) is 5.14. The second-order valence-electron chi connectivity index (χ2n) is 9.30. The fraction of sp³-hybridized carbons (Fsp3) is 0.133. The summed E-state index contributed by atoms with van der Waals surface area (Å²) in [5.41, 5.74) is 1.61. The Morgan fingerprint density at radius 1 is 0.525 bits per heavy atom. The average Bonchev–Trinajstić information content (AvgIpc) is 2.91. The Balaban J connectivity index is 0.000000161. The van der Waals surface area contributed by atoms with Gasteiger partial charge in [0.25, 0.3) is 0 Å². The standard InChI is InChI=1S/2C15H12O5/c16-9-3-1-8(2-4-9)13-7-12(19)15-11(18)5-10(17)6-14(15)20-13;16-9-3-1-8(2-4-9)13-7-11(18)14-12(20-13)6-5-10(17)15(14)19/h1-6,13,16-18H,7H2;1-6,13,16-17,19H,7H2/t13-;/m0./s1. The van der Waals surface area contributed by atoms with Gasteiger partial charge in [-0.05, 0) is 47.5 Å². The third-order valence-corrected chi connectivity index (χ3v) is 6.55. The van der Waals surface area contributed by atoms with Gasteiger partial charge in [-0.3, -0.25) is 9.59 Å². The van der Waals surface area contributed by atoms with Crippen LogP contribution in [0.25, 0.3) is 0 Å². The van der Waals surface area contributed by atoms with Gasteiger partial charge >= 0.3 is 0 Å². The van der Waals surface area contributed by atoms with Crippen molar-refractivity contribution >= 4 is 11.6 Å². The third-order valence-electron chi connectivity index (χ3n) is 6.55. The summed E-state index contributed by atoms with van der Waals surface area (Å²) in [5, 5.41) is 56.8. The quantitative estimate of drug-likeness (QED) is 0.188. The van der Waals surface area contributed by atoms with Crippen molar-refractivity contribution in [2.24, 2.45) is 0 Å². The molecule has 0 saturated heterocycles. The molecule has 6 rings (SSSR count). The molecule has 4 aromatic rings. The molecule has 40 heavy (non-hydrogen) atoms. The van der Waals surface area contributed by atoms with Gasteiger partial charge in [0.2, 0.25) is 0 Å². The van der Waals surface area contributed by atoms with E-state index in [0.29, 0.717) is 0 Å². The highest BCUT2D eigenvalue weighted by atomic mass is 16.5. The summed E-state index contributed by atoms with van der Waals surface area (Å²) in [7, 11) is 0. The Labute approximate surface area is 227 Å². The number of phenolic OH excluding ortho intramolecular Hbond substituents is 6. The van der Waals surface area contributed by atoms with E-state index in [0.717, 1.165) is 17.2 Å². The van der Waals surface area contributed by atoms with Gasteiger partial charge < -0.3 is 40.1 Å². The first-order valence-corrected chi connectivity index (χ1v) is 12.2. The highest BCUT2D eigenvalue weighted by Crippen LogP contribution is 2.43. The normalized spacial score (nSPS) is 17.4. The Kier molecular flexibility index (Phi) is 6.83. The fourth-order valence-electron chi connectivity index (χ4n) is 4.57. The Bertz CT molecular complexity index is 1590. The lowest BCUT2D eigenvalue weighted by Gasteiger charge is -2.26. The highest BCUT2D eigenvalue weighted by Gasteiger charge is 2.32. The van der Waals surface area contributed by atoms with Crippen molar-refractivity contribution in [2.75, 3.05) is 0 Å². The predicted molar refractivity (Wildman–Crippen MR) is 140 cm³/mol. The molecule has 0 radical (unpaired) electrons. The van der Waals surface area contributed by atoms with Gasteiger partial charge in [0.05, 0.1) is 12.8 Å². The SMILES string of the molecule is O=C1CC(c2ccc(O)cc2)Oc2ccc(O)c(O)c21.O=C1C[C@@H](c2ccc(O)cc2)Oc2cc(O)cc(O)c21. The monoisotopic (exact) mass is 544 g/mol. The van der Waals surface area contributed by atoms with Crippen LogP contribution in [0.15, 0.2) is 72.8 Å². The van der Waals surface area contributed by atoms with E-state index in [4.69, 9.17) is 9.47 Å². The number of ether oxygens (including phenoxy) is 2. The number of hydrogen-bond donors (Lipinski definition) is 6. The summed E-state index contributed by atoms with van der Waals surface area (Å²) in [6, 6.07) is 17.9. The summed E-state index contributed by atoms with van der Waals surface area (Å²) in [5.74, 6) is -1.11. The van der Waals surface area contributed by atoms with Crippen LogP contribution in [0.1, 0.15) is 56.9 Å². The number of fused-ring (bicyclic) bond motifs is 2. The van der Waals surface area contributed by atoms with Gasteiger partial charge in [-0.1, -0.05) is 24.3 Å². The van der Waals surface area contributed by atoms with E-state index in [1.54, 1.807) is 24.3 Å². The smallest absolute Gasteiger partial charge is 0.174 e. The minimum absolute atomic E-state index is 0.0139. The van der Waals surface area contributed by atoms with Crippen LogP contribution in [0.3, 0.4) is 0 Å². The molecular formula is C30H24O10. The number of carbonyl (C=O) groups is 2. The minimum Gasteiger partial charge on any atom is -0.508 e. The molecule has 6 N–H and O–H groups in total. The Morgan fingerprint density at radius 3 is 1.57 bits per heavy atom. The number of ketones is 2. The molecule has 204 valence electrons. The number of carbonyl (C=O) groups excluding carboxylic acids is 2. The molecule has 1 unspecified atom stereocenters. The van der Waals surface area contributed by atoms with E-state index in [-0.39, 0.29) is 75.8 Å². The zero-order valence-corrected chi connectivity index (χ0v) is 20.8. The van der Waals surface area contributed by atoms with Crippen LogP contribution in [0.2, 0.25) is 0 Å². The molecule has 0 fully saturated rings. The lowest BCUT2D eigenvalue weighted by molar-refractivity contribution is 0.0834. The molecule has 0 aromatic heterocycles. The molecule has 2 heterocycles. The second kappa shape index (κ2) is 10.4. The number of Topliss-reactive ketones (excluding diaryl/α,β-unsaturated/α-hetero) is 2. The van der Waals surface area contributed by atoms with Crippen molar-refractivity contribution in [3.8, 4) is 46.0 Å². The van der Waals surface area contributed by atoms with Gasteiger partial charge in [0.15, 0.2) is 23.1 Å². The number of rotatable bonds is 2. The molecule has 10 nitrogen and oxygen atoms in total. The topological polar surface area (TPSA) is 174 Å². The number of phenols is 6. The predicted octanol–water partition coefficient (Wildman–Crippen LogP) is 5.02. The number of hydrogen-bond acceptors (Lipinski definition) is 10. The van der Waals surface area contributed by atoms with Gasteiger partial charge in [0, 0.05) is 12.1 Å². The van der Waals surface area contributed by atoms with Crippen LogP contribution < -0.4 is 9.47 Å². The van der Waals surface area contributed by atoms with E-state index < -0.39 is 18.0 Å². The van der Waals surface area contributed by atoms with Gasteiger partial charge in [-0.15, -0.1) is 0 Å². The molecular weight excluding hydrogens is 520 g/mol. The summed E-state index contributed by atoms with van der Waals surface area (Å²) in [6.45, 7) is 0. The van der Waals surface area contributed by atoms with Crippen molar-refractivity contribution in [1.82, 2.24) is 0 Å². The summed E-state index contributed by atoms with van der Waals surface area (Å²) in [6.07, 6.45) is -0.818. The maximum Gasteiger partial charge on any atom is 0.174 e. The lowest BCUT2D eigenvalue weighted by Crippen LogP contribution is -2.20. The van der Waals surface area contributed by atoms with Crippen molar-refractivity contribution < 1.29 is 49.7 Å². The second-order valence-corrected chi connectivity index (χ2v) is 9.30. The van der Waals surface area contributed by atoms with Crippen LogP contribution in [0.4, 0.5) is 0 Å². The average molecular weight is 545 g/mol.